The first-order valence-electron chi connectivity index (χ1n) is 9.18. The smallest absolute Gasteiger partial charge is 0.191 e. The maximum Gasteiger partial charge on any atom is 0.191 e. The molecule has 2 N–H and O–H groups in total. The second-order valence-corrected chi connectivity index (χ2v) is 8.33. The summed E-state index contributed by atoms with van der Waals surface area (Å²) in [5, 5.41) is 0. The molecule has 2 aliphatic heterocycles. The lowest BCUT2D eigenvalue weighted by Crippen LogP contribution is -2.55. The van der Waals surface area contributed by atoms with Gasteiger partial charge < -0.3 is 10.6 Å². The highest BCUT2D eigenvalue weighted by molar-refractivity contribution is 7.99. The number of nitrogens with zero attached hydrogens (tertiary/aromatic N) is 3. The van der Waals surface area contributed by atoms with Crippen molar-refractivity contribution >= 4 is 17.7 Å². The molecule has 0 aromatic carbocycles. The molecule has 1 saturated carbocycles. The van der Waals surface area contributed by atoms with Crippen LogP contribution in [0.3, 0.4) is 0 Å². The van der Waals surface area contributed by atoms with Crippen LogP contribution in [0.2, 0.25) is 0 Å². The molecule has 0 radical (unpaired) electrons. The van der Waals surface area contributed by atoms with Crippen molar-refractivity contribution in [3.63, 3.8) is 0 Å². The number of aliphatic imine (C=N–C) groups is 1. The van der Waals surface area contributed by atoms with E-state index in [2.05, 4.69) is 21.6 Å². The molecule has 2 saturated heterocycles. The Balaban J connectivity index is 1.66. The second-order valence-electron chi connectivity index (χ2n) is 7.11. The van der Waals surface area contributed by atoms with E-state index in [1.165, 1.54) is 76.0 Å². The number of nitrogens with two attached hydrogens (primary N) is 1. The molecular weight excluding hydrogens is 292 g/mol. The van der Waals surface area contributed by atoms with Crippen molar-refractivity contribution in [1.29, 1.82) is 0 Å². The molecule has 0 aromatic rings. The number of thioether (sulfide) groups is 1. The molecule has 3 aliphatic rings. The lowest BCUT2D eigenvalue weighted by molar-refractivity contribution is 0.0669. The topological polar surface area (TPSA) is 44.9 Å². The molecule has 2 heterocycles. The first-order valence-corrected chi connectivity index (χ1v) is 10.3. The molecule has 0 bridgehead atoms. The van der Waals surface area contributed by atoms with Crippen LogP contribution >= 0.6 is 11.8 Å². The highest BCUT2D eigenvalue weighted by Crippen LogP contribution is 2.35. The van der Waals surface area contributed by atoms with Crippen molar-refractivity contribution < 1.29 is 0 Å². The Kier molecular flexibility index (Phi) is 5.91. The van der Waals surface area contributed by atoms with Crippen LogP contribution in [0.4, 0.5) is 0 Å². The standard InChI is InChI=1S/C17H32N4S/c18-16(20-9-5-2-6-10-20)19-15-17(7-3-1-4-8-17)21-11-13-22-14-12-21/h1-15H2,(H2,18,19). The van der Waals surface area contributed by atoms with E-state index in [-0.39, 0.29) is 0 Å². The molecule has 0 atom stereocenters. The third-order valence-corrected chi connectivity index (χ3v) is 6.62. The number of hydrogen-bond donors (Lipinski definition) is 1. The van der Waals surface area contributed by atoms with Gasteiger partial charge >= 0.3 is 0 Å². The zero-order valence-electron chi connectivity index (χ0n) is 13.9. The summed E-state index contributed by atoms with van der Waals surface area (Å²) in [5.41, 5.74) is 6.61. The third kappa shape index (κ3) is 3.91. The highest BCUT2D eigenvalue weighted by Gasteiger charge is 2.38. The van der Waals surface area contributed by atoms with Crippen molar-refractivity contribution in [2.75, 3.05) is 44.2 Å². The Labute approximate surface area is 139 Å². The Morgan fingerprint density at radius 2 is 1.55 bits per heavy atom. The fourth-order valence-corrected chi connectivity index (χ4v) is 5.18. The average Bonchev–Trinajstić information content (AvgIpc) is 2.62. The third-order valence-electron chi connectivity index (χ3n) is 5.68. The predicted octanol–water partition coefficient (Wildman–Crippen LogP) is 2.54. The number of rotatable bonds is 3. The SMILES string of the molecule is NC(=NCC1(N2CCSCC2)CCCCC1)N1CCCCC1. The van der Waals surface area contributed by atoms with Gasteiger partial charge in [-0.15, -0.1) is 0 Å². The lowest BCUT2D eigenvalue weighted by Gasteiger charge is -2.47. The van der Waals surface area contributed by atoms with Gasteiger partial charge in [0, 0.05) is 43.2 Å². The van der Waals surface area contributed by atoms with Gasteiger partial charge in [-0.25, -0.2) is 0 Å². The molecular formula is C17H32N4S. The van der Waals surface area contributed by atoms with Crippen LogP contribution in [0.15, 0.2) is 4.99 Å². The molecule has 3 rings (SSSR count). The Morgan fingerprint density at radius 3 is 2.23 bits per heavy atom. The maximum atomic E-state index is 6.31. The molecule has 3 fully saturated rings. The largest absolute Gasteiger partial charge is 0.370 e. The zero-order chi connectivity index (χ0) is 15.3. The molecule has 4 nitrogen and oxygen atoms in total. The van der Waals surface area contributed by atoms with Crippen LogP contribution in [0.1, 0.15) is 51.4 Å². The number of piperidine rings is 1. The van der Waals surface area contributed by atoms with Crippen molar-refractivity contribution in [2.24, 2.45) is 10.7 Å². The minimum absolute atomic E-state index is 0.305. The van der Waals surface area contributed by atoms with Gasteiger partial charge in [-0.05, 0) is 32.1 Å². The molecule has 0 aromatic heterocycles. The second kappa shape index (κ2) is 7.91. The van der Waals surface area contributed by atoms with Crippen LogP contribution < -0.4 is 5.73 Å². The quantitative estimate of drug-likeness (QED) is 0.640. The van der Waals surface area contributed by atoms with E-state index >= 15 is 0 Å². The summed E-state index contributed by atoms with van der Waals surface area (Å²) in [4.78, 5) is 9.93. The van der Waals surface area contributed by atoms with Gasteiger partial charge in [0.15, 0.2) is 5.96 Å². The van der Waals surface area contributed by atoms with E-state index in [4.69, 9.17) is 10.7 Å². The summed E-state index contributed by atoms with van der Waals surface area (Å²) in [5.74, 6) is 3.37. The zero-order valence-corrected chi connectivity index (χ0v) is 14.8. The molecule has 0 spiro atoms. The fraction of sp³-hybridized carbons (Fsp3) is 0.941. The summed E-state index contributed by atoms with van der Waals surface area (Å²) in [6, 6.07) is 0. The normalized spacial score (nSPS) is 27.8. The summed E-state index contributed by atoms with van der Waals surface area (Å²) in [6.45, 7) is 5.60. The molecule has 0 unspecified atom stereocenters. The monoisotopic (exact) mass is 324 g/mol. The first kappa shape index (κ1) is 16.4. The first-order chi connectivity index (χ1) is 10.8. The van der Waals surface area contributed by atoms with Crippen LogP contribution in [0, 0.1) is 0 Å². The number of hydrogen-bond acceptors (Lipinski definition) is 3. The van der Waals surface area contributed by atoms with Crippen LogP contribution in [-0.4, -0.2) is 65.5 Å². The maximum absolute atomic E-state index is 6.31. The summed E-state index contributed by atoms with van der Waals surface area (Å²) in [7, 11) is 0. The van der Waals surface area contributed by atoms with Crippen LogP contribution in [-0.2, 0) is 0 Å². The molecule has 0 amide bonds. The minimum atomic E-state index is 0.305. The Hall–Kier alpha value is -0.420. The van der Waals surface area contributed by atoms with E-state index in [1.54, 1.807) is 0 Å². The van der Waals surface area contributed by atoms with Gasteiger partial charge in [-0.2, -0.15) is 11.8 Å². The van der Waals surface area contributed by atoms with Gasteiger partial charge in [0.1, 0.15) is 0 Å². The number of guanidine groups is 1. The van der Waals surface area contributed by atoms with Crippen LogP contribution in [0.25, 0.3) is 0 Å². The van der Waals surface area contributed by atoms with Gasteiger partial charge in [0.25, 0.3) is 0 Å². The number of likely N-dealkylation sites (tertiary alicyclic amines) is 1. The summed E-state index contributed by atoms with van der Waals surface area (Å²) >= 11 is 2.10. The Morgan fingerprint density at radius 1 is 0.909 bits per heavy atom. The lowest BCUT2D eigenvalue weighted by atomic mass is 9.80. The molecule has 1 aliphatic carbocycles. The average molecular weight is 325 g/mol. The van der Waals surface area contributed by atoms with Gasteiger partial charge in [-0.3, -0.25) is 9.89 Å². The van der Waals surface area contributed by atoms with Crippen molar-refractivity contribution in [3.05, 3.63) is 0 Å². The van der Waals surface area contributed by atoms with Gasteiger partial charge in [0.2, 0.25) is 0 Å². The predicted molar refractivity (Wildman–Crippen MR) is 96.6 cm³/mol. The molecule has 126 valence electrons. The van der Waals surface area contributed by atoms with E-state index in [0.29, 0.717) is 5.54 Å². The fourth-order valence-electron chi connectivity index (χ4n) is 4.27. The summed E-state index contributed by atoms with van der Waals surface area (Å²) in [6.07, 6.45) is 10.6. The van der Waals surface area contributed by atoms with E-state index in [0.717, 1.165) is 25.6 Å². The summed E-state index contributed by atoms with van der Waals surface area (Å²) < 4.78 is 0. The van der Waals surface area contributed by atoms with Crippen molar-refractivity contribution in [3.8, 4) is 0 Å². The highest BCUT2D eigenvalue weighted by atomic mass is 32.2. The van der Waals surface area contributed by atoms with E-state index in [9.17, 15) is 0 Å². The minimum Gasteiger partial charge on any atom is -0.370 e. The van der Waals surface area contributed by atoms with Gasteiger partial charge in [0.05, 0.1) is 6.54 Å². The van der Waals surface area contributed by atoms with Crippen molar-refractivity contribution in [1.82, 2.24) is 9.80 Å². The molecule has 22 heavy (non-hydrogen) atoms. The van der Waals surface area contributed by atoms with Crippen molar-refractivity contribution in [2.45, 2.75) is 56.9 Å². The van der Waals surface area contributed by atoms with Crippen LogP contribution in [0.5, 0.6) is 0 Å². The van der Waals surface area contributed by atoms with E-state index < -0.39 is 0 Å². The Bertz CT molecular complexity index is 367. The van der Waals surface area contributed by atoms with E-state index in [1.807, 2.05) is 0 Å². The molecule has 5 heteroatoms. The van der Waals surface area contributed by atoms with Gasteiger partial charge in [-0.1, -0.05) is 19.3 Å².